The maximum absolute atomic E-state index is 13.0. The Morgan fingerprint density at radius 3 is 2.25 bits per heavy atom. The molecule has 0 fully saturated rings. The van der Waals surface area contributed by atoms with Crippen molar-refractivity contribution in [2.45, 2.75) is 27.2 Å². The molecular weight excluding hydrogens is 352 g/mol. The molecule has 5 nitrogen and oxygen atoms in total. The molecule has 146 valence electrons. The van der Waals surface area contributed by atoms with E-state index in [9.17, 15) is 9.59 Å². The van der Waals surface area contributed by atoms with Crippen LogP contribution < -0.4 is 10.1 Å². The summed E-state index contributed by atoms with van der Waals surface area (Å²) in [5.74, 6) is 0.630. The summed E-state index contributed by atoms with van der Waals surface area (Å²) in [5, 5.41) is 3.15. The normalized spacial score (nSPS) is 14.2. The van der Waals surface area contributed by atoms with Crippen molar-refractivity contribution in [1.29, 1.82) is 0 Å². The summed E-state index contributed by atoms with van der Waals surface area (Å²) in [4.78, 5) is 27.2. The molecule has 0 atom stereocenters. The molecule has 0 radical (unpaired) electrons. The zero-order valence-electron chi connectivity index (χ0n) is 16.6. The van der Waals surface area contributed by atoms with E-state index in [0.29, 0.717) is 42.3 Å². The van der Waals surface area contributed by atoms with Crippen LogP contribution in [0.25, 0.3) is 5.57 Å². The lowest BCUT2D eigenvalue weighted by Crippen LogP contribution is -2.33. The predicted octanol–water partition coefficient (Wildman–Crippen LogP) is 4.32. The standard InChI is InChI=1S/C23H26N2O3/c1-4-14-25-22(26)20(17-10-12-19(13-11-17)28-15-16(2)3)21(23(25)27)24-18-8-6-5-7-9-18/h5-13,16,24H,4,14-15H2,1-3H3. The Hall–Kier alpha value is -3.08. The van der Waals surface area contributed by atoms with Crippen LogP contribution in [0.1, 0.15) is 32.8 Å². The number of imide groups is 1. The summed E-state index contributed by atoms with van der Waals surface area (Å²) in [6.45, 7) is 7.16. The lowest BCUT2D eigenvalue weighted by molar-refractivity contribution is -0.136. The van der Waals surface area contributed by atoms with Gasteiger partial charge in [0.2, 0.25) is 0 Å². The molecule has 28 heavy (non-hydrogen) atoms. The maximum Gasteiger partial charge on any atom is 0.278 e. The average Bonchev–Trinajstić information content (AvgIpc) is 2.92. The lowest BCUT2D eigenvalue weighted by Gasteiger charge is -2.13. The second kappa shape index (κ2) is 8.74. The van der Waals surface area contributed by atoms with Crippen molar-refractivity contribution < 1.29 is 14.3 Å². The minimum Gasteiger partial charge on any atom is -0.493 e. The van der Waals surface area contributed by atoms with Crippen LogP contribution in [0.15, 0.2) is 60.3 Å². The molecular formula is C23H26N2O3. The summed E-state index contributed by atoms with van der Waals surface area (Å²) in [7, 11) is 0. The highest BCUT2D eigenvalue weighted by atomic mass is 16.5. The predicted molar refractivity (Wildman–Crippen MR) is 111 cm³/mol. The van der Waals surface area contributed by atoms with Crippen LogP contribution in [0.5, 0.6) is 5.75 Å². The Morgan fingerprint density at radius 1 is 0.964 bits per heavy atom. The number of amides is 2. The van der Waals surface area contributed by atoms with E-state index in [1.807, 2.05) is 61.5 Å². The SMILES string of the molecule is CCCN1C(=O)C(Nc2ccccc2)=C(c2ccc(OCC(C)C)cc2)C1=O. The number of ether oxygens (including phenoxy) is 1. The molecule has 0 saturated heterocycles. The first-order valence-electron chi connectivity index (χ1n) is 9.67. The van der Waals surface area contributed by atoms with Crippen LogP contribution in [-0.4, -0.2) is 29.9 Å². The van der Waals surface area contributed by atoms with Gasteiger partial charge < -0.3 is 10.1 Å². The monoisotopic (exact) mass is 378 g/mol. The highest BCUT2D eigenvalue weighted by molar-refractivity contribution is 6.36. The van der Waals surface area contributed by atoms with Gasteiger partial charge in [0, 0.05) is 12.2 Å². The van der Waals surface area contributed by atoms with Gasteiger partial charge in [-0.3, -0.25) is 14.5 Å². The maximum atomic E-state index is 13.0. The third kappa shape index (κ3) is 4.25. The summed E-state index contributed by atoms with van der Waals surface area (Å²) in [6, 6.07) is 16.7. The number of carbonyl (C=O) groups excluding carboxylic acids is 2. The molecule has 0 spiro atoms. The highest BCUT2D eigenvalue weighted by Gasteiger charge is 2.38. The first-order chi connectivity index (χ1) is 13.5. The van der Waals surface area contributed by atoms with Crippen molar-refractivity contribution in [3.8, 4) is 5.75 Å². The molecule has 0 bridgehead atoms. The lowest BCUT2D eigenvalue weighted by atomic mass is 10.0. The van der Waals surface area contributed by atoms with Crippen molar-refractivity contribution in [2.24, 2.45) is 5.92 Å². The van der Waals surface area contributed by atoms with Crippen molar-refractivity contribution in [3.63, 3.8) is 0 Å². The number of benzene rings is 2. The number of hydrogen-bond acceptors (Lipinski definition) is 4. The molecule has 1 aliphatic rings. The minimum absolute atomic E-state index is 0.263. The van der Waals surface area contributed by atoms with E-state index in [-0.39, 0.29) is 11.8 Å². The van der Waals surface area contributed by atoms with Crippen LogP contribution in [-0.2, 0) is 9.59 Å². The fraction of sp³-hybridized carbons (Fsp3) is 0.304. The Kier molecular flexibility index (Phi) is 6.14. The quantitative estimate of drug-likeness (QED) is 0.695. The molecule has 0 aliphatic carbocycles. The summed E-state index contributed by atoms with van der Waals surface area (Å²) < 4.78 is 5.72. The molecule has 2 aromatic rings. The topological polar surface area (TPSA) is 58.6 Å². The zero-order valence-corrected chi connectivity index (χ0v) is 16.6. The Labute approximate surface area is 166 Å². The first-order valence-corrected chi connectivity index (χ1v) is 9.67. The van der Waals surface area contributed by atoms with Crippen molar-refractivity contribution >= 4 is 23.1 Å². The van der Waals surface area contributed by atoms with Gasteiger partial charge in [0.15, 0.2) is 0 Å². The third-order valence-electron chi connectivity index (χ3n) is 4.38. The van der Waals surface area contributed by atoms with Gasteiger partial charge in [0.25, 0.3) is 11.8 Å². The summed E-state index contributed by atoms with van der Waals surface area (Å²) >= 11 is 0. The van der Waals surface area contributed by atoms with Crippen LogP contribution in [0.4, 0.5) is 5.69 Å². The van der Waals surface area contributed by atoms with E-state index < -0.39 is 0 Å². The fourth-order valence-electron chi connectivity index (χ4n) is 3.03. The van der Waals surface area contributed by atoms with Crippen molar-refractivity contribution in [1.82, 2.24) is 4.90 Å². The van der Waals surface area contributed by atoms with Crippen molar-refractivity contribution in [2.75, 3.05) is 18.5 Å². The van der Waals surface area contributed by atoms with E-state index in [4.69, 9.17) is 4.74 Å². The number of para-hydroxylation sites is 1. The van der Waals surface area contributed by atoms with Gasteiger partial charge in [0.1, 0.15) is 11.4 Å². The van der Waals surface area contributed by atoms with Crippen LogP contribution >= 0.6 is 0 Å². The first kappa shape index (κ1) is 19.7. The second-order valence-corrected chi connectivity index (χ2v) is 7.23. The smallest absolute Gasteiger partial charge is 0.278 e. The summed E-state index contributed by atoms with van der Waals surface area (Å²) in [5.41, 5.74) is 2.19. The fourth-order valence-corrected chi connectivity index (χ4v) is 3.03. The number of hydrogen-bond donors (Lipinski definition) is 1. The van der Waals surface area contributed by atoms with E-state index in [2.05, 4.69) is 19.2 Å². The Balaban J connectivity index is 1.94. The third-order valence-corrected chi connectivity index (χ3v) is 4.38. The molecule has 0 saturated carbocycles. The van der Waals surface area contributed by atoms with Gasteiger partial charge in [-0.2, -0.15) is 0 Å². The van der Waals surface area contributed by atoms with Crippen LogP contribution in [0.2, 0.25) is 0 Å². The Morgan fingerprint density at radius 2 is 1.64 bits per heavy atom. The minimum atomic E-state index is -0.286. The van der Waals surface area contributed by atoms with Gasteiger partial charge in [-0.25, -0.2) is 0 Å². The second-order valence-electron chi connectivity index (χ2n) is 7.23. The molecule has 1 heterocycles. The highest BCUT2D eigenvalue weighted by Crippen LogP contribution is 2.31. The molecule has 1 aliphatic heterocycles. The molecule has 0 aromatic heterocycles. The molecule has 0 unspecified atom stereocenters. The van der Waals surface area contributed by atoms with Crippen molar-refractivity contribution in [3.05, 3.63) is 65.9 Å². The van der Waals surface area contributed by atoms with Gasteiger partial charge in [-0.15, -0.1) is 0 Å². The molecule has 5 heteroatoms. The van der Waals surface area contributed by atoms with E-state index >= 15 is 0 Å². The Bertz CT molecular complexity index is 870. The molecule has 3 rings (SSSR count). The van der Waals surface area contributed by atoms with Gasteiger partial charge >= 0.3 is 0 Å². The van der Waals surface area contributed by atoms with Gasteiger partial charge in [-0.05, 0) is 42.2 Å². The largest absolute Gasteiger partial charge is 0.493 e. The number of anilines is 1. The zero-order chi connectivity index (χ0) is 20.1. The number of rotatable bonds is 8. The average molecular weight is 378 g/mol. The van der Waals surface area contributed by atoms with Crippen LogP contribution in [0, 0.1) is 5.92 Å². The number of carbonyl (C=O) groups is 2. The van der Waals surface area contributed by atoms with E-state index in [0.717, 1.165) is 11.4 Å². The van der Waals surface area contributed by atoms with Crippen LogP contribution in [0.3, 0.4) is 0 Å². The number of nitrogens with zero attached hydrogens (tertiary/aromatic N) is 1. The van der Waals surface area contributed by atoms with E-state index in [1.165, 1.54) is 4.90 Å². The van der Waals surface area contributed by atoms with Gasteiger partial charge in [0.05, 0.1) is 12.2 Å². The summed E-state index contributed by atoms with van der Waals surface area (Å²) in [6.07, 6.45) is 0.714. The molecule has 2 amide bonds. The molecule has 2 aromatic carbocycles. The van der Waals surface area contributed by atoms with Gasteiger partial charge in [-0.1, -0.05) is 51.1 Å². The van der Waals surface area contributed by atoms with E-state index in [1.54, 1.807) is 0 Å². The number of nitrogens with one attached hydrogen (secondary N) is 1. The molecule has 1 N–H and O–H groups in total.